The van der Waals surface area contributed by atoms with Gasteiger partial charge in [0, 0.05) is 18.6 Å². The largest absolute Gasteiger partial charge is 0.384 e. The molecule has 1 N–H and O–H groups in total. The van der Waals surface area contributed by atoms with Crippen molar-refractivity contribution in [2.75, 3.05) is 19.0 Å². The van der Waals surface area contributed by atoms with E-state index in [2.05, 4.69) is 34.1 Å². The fourth-order valence-corrected chi connectivity index (χ4v) is 3.23. The van der Waals surface area contributed by atoms with E-state index in [4.69, 9.17) is 0 Å². The van der Waals surface area contributed by atoms with Gasteiger partial charge in [-0.2, -0.15) is 0 Å². The van der Waals surface area contributed by atoms with Crippen LogP contribution in [0.1, 0.15) is 17.2 Å². The lowest BCUT2D eigenvalue weighted by molar-refractivity contribution is 0.225. The first kappa shape index (κ1) is 11.8. The number of anilines is 1. The van der Waals surface area contributed by atoms with E-state index >= 15 is 0 Å². The molecule has 0 aliphatic heterocycles. The van der Waals surface area contributed by atoms with Crippen molar-refractivity contribution in [2.24, 2.45) is 0 Å². The van der Waals surface area contributed by atoms with Crippen LogP contribution in [0.4, 0.5) is 5.69 Å². The summed E-state index contributed by atoms with van der Waals surface area (Å²) < 4.78 is 1.05. The Balaban J connectivity index is 2.26. The number of nitrogens with zero attached hydrogens (tertiary/aromatic N) is 1. The molecule has 92 valence electrons. The van der Waals surface area contributed by atoms with E-state index in [0.717, 1.165) is 32.4 Å². The fourth-order valence-electron chi connectivity index (χ4n) is 2.53. The maximum atomic E-state index is 10.4. The van der Waals surface area contributed by atoms with E-state index < -0.39 is 6.10 Å². The summed E-state index contributed by atoms with van der Waals surface area (Å²) in [5, 5.41) is 10.4. The van der Waals surface area contributed by atoms with Gasteiger partial charge in [0.05, 0.1) is 5.69 Å². The van der Waals surface area contributed by atoms with Crippen LogP contribution in [0.5, 0.6) is 0 Å². The third kappa shape index (κ3) is 1.58. The average Bonchev–Trinajstić information content (AvgIpc) is 2.62. The standard InChI is InChI=1S/C15H14BrNO/c1-17(2)14-8-12-11(7-13(14)16)9-5-3-4-6-10(9)15(12)18/h3-8,15,18H,1-2H3. The van der Waals surface area contributed by atoms with Gasteiger partial charge in [0.15, 0.2) is 0 Å². The smallest absolute Gasteiger partial charge is 0.105 e. The van der Waals surface area contributed by atoms with E-state index in [9.17, 15) is 5.11 Å². The summed E-state index contributed by atoms with van der Waals surface area (Å²) in [5.74, 6) is 0. The van der Waals surface area contributed by atoms with Crippen LogP contribution < -0.4 is 4.90 Å². The summed E-state index contributed by atoms with van der Waals surface area (Å²) >= 11 is 3.60. The summed E-state index contributed by atoms with van der Waals surface area (Å²) in [6.45, 7) is 0. The van der Waals surface area contributed by atoms with Crippen LogP contribution >= 0.6 is 15.9 Å². The lowest BCUT2D eigenvalue weighted by Gasteiger charge is -2.17. The Kier molecular flexibility index (Phi) is 2.68. The van der Waals surface area contributed by atoms with Gasteiger partial charge < -0.3 is 10.0 Å². The molecule has 1 unspecified atom stereocenters. The molecule has 0 amide bonds. The maximum absolute atomic E-state index is 10.4. The van der Waals surface area contributed by atoms with Crippen LogP contribution in [0.25, 0.3) is 11.1 Å². The quantitative estimate of drug-likeness (QED) is 0.870. The Bertz CT molecular complexity index is 622. The Morgan fingerprint density at radius 3 is 2.50 bits per heavy atom. The highest BCUT2D eigenvalue weighted by molar-refractivity contribution is 9.10. The number of benzene rings is 2. The minimum Gasteiger partial charge on any atom is -0.384 e. The van der Waals surface area contributed by atoms with E-state index in [0.29, 0.717) is 0 Å². The minimum atomic E-state index is -0.511. The summed E-state index contributed by atoms with van der Waals surface area (Å²) in [6.07, 6.45) is -0.511. The van der Waals surface area contributed by atoms with Crippen molar-refractivity contribution in [3.63, 3.8) is 0 Å². The Morgan fingerprint density at radius 2 is 1.78 bits per heavy atom. The van der Waals surface area contributed by atoms with Gasteiger partial charge in [-0.3, -0.25) is 0 Å². The monoisotopic (exact) mass is 303 g/mol. The molecular formula is C15H14BrNO. The van der Waals surface area contributed by atoms with Gasteiger partial charge in [-0.25, -0.2) is 0 Å². The summed E-state index contributed by atoms with van der Waals surface area (Å²) in [7, 11) is 4.00. The topological polar surface area (TPSA) is 23.5 Å². The minimum absolute atomic E-state index is 0.511. The van der Waals surface area contributed by atoms with Crippen molar-refractivity contribution in [1.29, 1.82) is 0 Å². The maximum Gasteiger partial charge on any atom is 0.105 e. The third-order valence-electron chi connectivity index (χ3n) is 3.44. The number of hydrogen-bond donors (Lipinski definition) is 1. The van der Waals surface area contributed by atoms with E-state index in [1.54, 1.807) is 0 Å². The van der Waals surface area contributed by atoms with Crippen molar-refractivity contribution in [1.82, 2.24) is 0 Å². The van der Waals surface area contributed by atoms with Crippen LogP contribution in [0.3, 0.4) is 0 Å². The predicted octanol–water partition coefficient (Wildman–Crippen LogP) is 3.58. The van der Waals surface area contributed by atoms with Crippen LogP contribution in [0, 0.1) is 0 Å². The molecule has 18 heavy (non-hydrogen) atoms. The molecule has 0 fully saturated rings. The molecule has 2 aromatic rings. The molecule has 1 aliphatic carbocycles. The zero-order valence-corrected chi connectivity index (χ0v) is 11.9. The Morgan fingerprint density at radius 1 is 1.06 bits per heavy atom. The molecule has 0 radical (unpaired) electrons. The summed E-state index contributed by atoms with van der Waals surface area (Å²) in [5.41, 5.74) is 5.32. The lowest BCUT2D eigenvalue weighted by atomic mass is 10.1. The highest BCUT2D eigenvalue weighted by Crippen LogP contribution is 2.46. The first-order chi connectivity index (χ1) is 8.59. The summed E-state index contributed by atoms with van der Waals surface area (Å²) in [6, 6.07) is 12.2. The second kappa shape index (κ2) is 4.11. The van der Waals surface area contributed by atoms with Gasteiger partial charge in [-0.1, -0.05) is 24.3 Å². The van der Waals surface area contributed by atoms with Gasteiger partial charge in [0.1, 0.15) is 6.10 Å². The number of hydrogen-bond acceptors (Lipinski definition) is 2. The van der Waals surface area contributed by atoms with E-state index in [-0.39, 0.29) is 0 Å². The second-order valence-electron chi connectivity index (χ2n) is 4.78. The predicted molar refractivity (Wildman–Crippen MR) is 78.0 cm³/mol. The first-order valence-corrected chi connectivity index (χ1v) is 6.67. The van der Waals surface area contributed by atoms with Crippen molar-refractivity contribution >= 4 is 21.6 Å². The molecule has 1 aliphatic rings. The first-order valence-electron chi connectivity index (χ1n) is 5.87. The molecule has 2 aromatic carbocycles. The van der Waals surface area contributed by atoms with Gasteiger partial charge in [0.2, 0.25) is 0 Å². The van der Waals surface area contributed by atoms with Crippen LogP contribution in [0.15, 0.2) is 40.9 Å². The number of aliphatic hydroxyl groups is 1. The number of rotatable bonds is 1. The van der Waals surface area contributed by atoms with Crippen LogP contribution in [-0.4, -0.2) is 19.2 Å². The molecule has 0 spiro atoms. The summed E-state index contributed by atoms with van der Waals surface area (Å²) in [4.78, 5) is 2.04. The Labute approximate surface area is 115 Å². The van der Waals surface area contributed by atoms with Crippen molar-refractivity contribution in [3.8, 4) is 11.1 Å². The molecule has 2 nitrogen and oxygen atoms in total. The molecule has 3 heteroatoms. The number of aliphatic hydroxyl groups excluding tert-OH is 1. The number of fused-ring (bicyclic) bond motifs is 3. The van der Waals surface area contributed by atoms with Crippen LogP contribution in [-0.2, 0) is 0 Å². The van der Waals surface area contributed by atoms with E-state index in [1.165, 1.54) is 0 Å². The molecule has 0 heterocycles. The van der Waals surface area contributed by atoms with Gasteiger partial charge in [0.25, 0.3) is 0 Å². The van der Waals surface area contributed by atoms with Gasteiger partial charge >= 0.3 is 0 Å². The lowest BCUT2D eigenvalue weighted by Crippen LogP contribution is -2.10. The van der Waals surface area contributed by atoms with Gasteiger partial charge in [-0.05, 0) is 50.3 Å². The fraction of sp³-hybridized carbons (Fsp3) is 0.200. The van der Waals surface area contributed by atoms with Crippen molar-refractivity contribution < 1.29 is 5.11 Å². The molecule has 3 rings (SSSR count). The zero-order chi connectivity index (χ0) is 12.9. The molecular weight excluding hydrogens is 290 g/mol. The molecule has 0 saturated carbocycles. The molecule has 0 saturated heterocycles. The highest BCUT2D eigenvalue weighted by atomic mass is 79.9. The Hall–Kier alpha value is -1.32. The van der Waals surface area contributed by atoms with Crippen LogP contribution in [0.2, 0.25) is 0 Å². The highest BCUT2D eigenvalue weighted by Gasteiger charge is 2.27. The normalized spacial score (nSPS) is 16.3. The number of halogens is 1. The second-order valence-corrected chi connectivity index (χ2v) is 5.63. The molecule has 1 atom stereocenters. The molecule has 0 aromatic heterocycles. The third-order valence-corrected chi connectivity index (χ3v) is 4.08. The average molecular weight is 304 g/mol. The zero-order valence-electron chi connectivity index (χ0n) is 10.3. The SMILES string of the molecule is CN(C)c1cc2c(cc1Br)-c1ccccc1C2O. The molecule has 0 bridgehead atoms. The van der Waals surface area contributed by atoms with E-state index in [1.807, 2.05) is 37.2 Å². The van der Waals surface area contributed by atoms with Crippen molar-refractivity contribution in [2.45, 2.75) is 6.10 Å². The van der Waals surface area contributed by atoms with Gasteiger partial charge in [-0.15, -0.1) is 0 Å². The van der Waals surface area contributed by atoms with Crippen molar-refractivity contribution in [3.05, 3.63) is 52.0 Å².